The molecule has 0 atom stereocenters. The van der Waals surface area contributed by atoms with Gasteiger partial charge >= 0.3 is 0 Å². The van der Waals surface area contributed by atoms with E-state index in [1.165, 1.54) is 23.6 Å². The topological polar surface area (TPSA) is 93.5 Å². The maximum Gasteiger partial charge on any atom is 0.257 e. The van der Waals surface area contributed by atoms with Crippen LogP contribution >= 0.6 is 0 Å². The summed E-state index contributed by atoms with van der Waals surface area (Å²) in [6.45, 7) is 4.93. The van der Waals surface area contributed by atoms with Crippen LogP contribution in [0.3, 0.4) is 0 Å². The minimum absolute atomic E-state index is 0.0387. The van der Waals surface area contributed by atoms with Crippen molar-refractivity contribution in [3.63, 3.8) is 0 Å². The van der Waals surface area contributed by atoms with Crippen molar-refractivity contribution in [2.75, 3.05) is 26.5 Å². The minimum atomic E-state index is -0.316. The molecular formula is C19H24N4O4. The number of anilines is 1. The Kier molecular flexibility index (Phi) is 5.99. The summed E-state index contributed by atoms with van der Waals surface area (Å²) in [5.74, 6) is -0.202. The maximum atomic E-state index is 12.4. The first-order chi connectivity index (χ1) is 12.6. The van der Waals surface area contributed by atoms with Crippen molar-refractivity contribution in [2.24, 2.45) is 0 Å². The predicted octanol–water partition coefficient (Wildman–Crippen LogP) is 2.05. The molecule has 1 heterocycles. The van der Waals surface area contributed by atoms with Gasteiger partial charge in [0.1, 0.15) is 12.3 Å². The zero-order valence-electron chi connectivity index (χ0n) is 16.4. The standard InChI is InChI=1S/C19H24N4O4/c1-11-18(13(3)24)12(2)23(21-11)10-17(25)20-14-7-8-16(27-6)15(9-14)19(26)22(4)5/h7-9H,10H2,1-6H3,(H,20,25). The average molecular weight is 372 g/mol. The monoisotopic (exact) mass is 372 g/mol. The average Bonchev–Trinajstić information content (AvgIpc) is 2.87. The molecule has 144 valence electrons. The van der Waals surface area contributed by atoms with Gasteiger partial charge in [0.15, 0.2) is 5.78 Å². The summed E-state index contributed by atoms with van der Waals surface area (Å²) in [6, 6.07) is 4.86. The van der Waals surface area contributed by atoms with Crippen LogP contribution in [0.15, 0.2) is 18.2 Å². The van der Waals surface area contributed by atoms with Crippen molar-refractivity contribution in [2.45, 2.75) is 27.3 Å². The van der Waals surface area contributed by atoms with Gasteiger partial charge in [-0.2, -0.15) is 5.10 Å². The number of ketones is 1. The van der Waals surface area contributed by atoms with Crippen LogP contribution in [0, 0.1) is 13.8 Å². The van der Waals surface area contributed by atoms with Gasteiger partial charge in [-0.15, -0.1) is 0 Å². The van der Waals surface area contributed by atoms with E-state index in [1.807, 2.05) is 0 Å². The largest absolute Gasteiger partial charge is 0.496 e. The van der Waals surface area contributed by atoms with Crippen LogP contribution in [0.5, 0.6) is 5.75 Å². The van der Waals surface area contributed by atoms with Crippen LogP contribution in [0.2, 0.25) is 0 Å². The lowest BCUT2D eigenvalue weighted by atomic mass is 10.1. The van der Waals surface area contributed by atoms with E-state index in [1.54, 1.807) is 46.1 Å². The molecule has 8 nitrogen and oxygen atoms in total. The van der Waals surface area contributed by atoms with Crippen LogP contribution in [-0.2, 0) is 11.3 Å². The molecule has 2 rings (SSSR count). The molecule has 0 aliphatic carbocycles. The Hall–Kier alpha value is -3.16. The number of hydrogen-bond donors (Lipinski definition) is 1. The molecule has 0 bridgehead atoms. The highest BCUT2D eigenvalue weighted by Gasteiger charge is 2.18. The molecular weight excluding hydrogens is 348 g/mol. The Labute approximate surface area is 158 Å². The quantitative estimate of drug-likeness (QED) is 0.784. The van der Waals surface area contributed by atoms with Gasteiger partial charge in [0.25, 0.3) is 5.91 Å². The highest BCUT2D eigenvalue weighted by molar-refractivity contribution is 5.99. The summed E-state index contributed by atoms with van der Waals surface area (Å²) in [6.07, 6.45) is 0. The number of benzene rings is 1. The molecule has 0 aliphatic heterocycles. The third kappa shape index (κ3) is 4.33. The van der Waals surface area contributed by atoms with Crippen molar-refractivity contribution >= 4 is 23.3 Å². The lowest BCUT2D eigenvalue weighted by molar-refractivity contribution is -0.116. The first kappa shape index (κ1) is 20.2. The van der Waals surface area contributed by atoms with E-state index in [0.29, 0.717) is 34.0 Å². The van der Waals surface area contributed by atoms with Crippen molar-refractivity contribution in [1.29, 1.82) is 0 Å². The number of carbonyl (C=O) groups is 3. The molecule has 0 unspecified atom stereocenters. The summed E-state index contributed by atoms with van der Waals surface area (Å²) in [4.78, 5) is 37.8. The second kappa shape index (κ2) is 8.03. The molecule has 1 N–H and O–H groups in total. The molecule has 2 aromatic rings. The lowest BCUT2D eigenvalue weighted by Gasteiger charge is -2.15. The zero-order chi connectivity index (χ0) is 20.3. The molecule has 27 heavy (non-hydrogen) atoms. The molecule has 0 saturated carbocycles. The molecule has 2 amide bonds. The number of nitrogens with one attached hydrogen (secondary N) is 1. The summed E-state index contributed by atoms with van der Waals surface area (Å²) in [5, 5.41) is 7.01. The molecule has 1 aromatic carbocycles. The minimum Gasteiger partial charge on any atom is -0.496 e. The van der Waals surface area contributed by atoms with Crippen LogP contribution in [0.25, 0.3) is 0 Å². The normalized spacial score (nSPS) is 10.4. The SMILES string of the molecule is COc1ccc(NC(=O)Cn2nc(C)c(C(C)=O)c2C)cc1C(=O)N(C)C. The highest BCUT2D eigenvalue weighted by Crippen LogP contribution is 2.24. The molecule has 0 saturated heterocycles. The third-order valence-electron chi connectivity index (χ3n) is 4.15. The van der Waals surface area contributed by atoms with E-state index in [2.05, 4.69) is 10.4 Å². The Bertz CT molecular complexity index is 899. The lowest BCUT2D eigenvalue weighted by Crippen LogP contribution is -2.23. The molecule has 8 heteroatoms. The number of methoxy groups -OCH3 is 1. The van der Waals surface area contributed by atoms with Crippen LogP contribution < -0.4 is 10.1 Å². The van der Waals surface area contributed by atoms with Gasteiger partial charge in [-0.25, -0.2) is 0 Å². The Morgan fingerprint density at radius 3 is 2.41 bits per heavy atom. The Morgan fingerprint density at radius 1 is 1.22 bits per heavy atom. The second-order valence-corrected chi connectivity index (χ2v) is 6.42. The van der Waals surface area contributed by atoms with Crippen molar-refractivity contribution in [3.8, 4) is 5.75 Å². The number of hydrogen-bond acceptors (Lipinski definition) is 5. The van der Waals surface area contributed by atoms with Crippen LogP contribution in [0.4, 0.5) is 5.69 Å². The highest BCUT2D eigenvalue weighted by atomic mass is 16.5. The molecule has 0 spiro atoms. The summed E-state index contributed by atoms with van der Waals surface area (Å²) >= 11 is 0. The summed E-state index contributed by atoms with van der Waals surface area (Å²) in [7, 11) is 4.76. The van der Waals surface area contributed by atoms with E-state index in [4.69, 9.17) is 4.74 Å². The predicted molar refractivity (Wildman–Crippen MR) is 101 cm³/mol. The summed E-state index contributed by atoms with van der Waals surface area (Å²) < 4.78 is 6.72. The van der Waals surface area contributed by atoms with Gasteiger partial charge in [-0.3, -0.25) is 19.1 Å². The number of aryl methyl sites for hydroxylation is 1. The Morgan fingerprint density at radius 2 is 1.89 bits per heavy atom. The van der Waals surface area contributed by atoms with Gasteiger partial charge in [-0.05, 0) is 39.0 Å². The number of rotatable bonds is 6. The smallest absolute Gasteiger partial charge is 0.257 e. The van der Waals surface area contributed by atoms with Crippen molar-refractivity contribution in [3.05, 3.63) is 40.7 Å². The van der Waals surface area contributed by atoms with Crippen LogP contribution in [-0.4, -0.2) is 53.5 Å². The van der Waals surface area contributed by atoms with Gasteiger partial charge < -0.3 is 15.0 Å². The number of carbonyl (C=O) groups excluding carboxylic acids is 3. The Balaban J connectivity index is 2.21. The van der Waals surface area contributed by atoms with Gasteiger partial charge in [0.05, 0.1) is 23.9 Å². The van der Waals surface area contributed by atoms with Crippen LogP contribution in [0.1, 0.15) is 39.0 Å². The summed E-state index contributed by atoms with van der Waals surface area (Å²) in [5.41, 5.74) is 2.60. The van der Waals surface area contributed by atoms with E-state index in [9.17, 15) is 14.4 Å². The molecule has 1 aromatic heterocycles. The molecule has 0 aliphatic rings. The van der Waals surface area contributed by atoms with Gasteiger partial charge in [-0.1, -0.05) is 0 Å². The van der Waals surface area contributed by atoms with Gasteiger partial charge in [0, 0.05) is 25.5 Å². The number of Topliss-reactive ketones (excluding diaryl/α,β-unsaturated/α-hetero) is 1. The van der Waals surface area contributed by atoms with Crippen molar-refractivity contribution in [1.82, 2.24) is 14.7 Å². The van der Waals surface area contributed by atoms with E-state index in [-0.39, 0.29) is 24.1 Å². The fourth-order valence-electron chi connectivity index (χ4n) is 2.89. The maximum absolute atomic E-state index is 12.4. The molecule has 0 fully saturated rings. The van der Waals surface area contributed by atoms with E-state index < -0.39 is 0 Å². The first-order valence-corrected chi connectivity index (χ1v) is 8.40. The fraction of sp³-hybridized carbons (Fsp3) is 0.368. The zero-order valence-corrected chi connectivity index (χ0v) is 16.4. The van der Waals surface area contributed by atoms with Crippen molar-refractivity contribution < 1.29 is 19.1 Å². The fourth-order valence-corrected chi connectivity index (χ4v) is 2.89. The number of aromatic nitrogens is 2. The van der Waals surface area contributed by atoms with Gasteiger partial charge in [0.2, 0.25) is 5.91 Å². The van der Waals surface area contributed by atoms with E-state index >= 15 is 0 Å². The number of amides is 2. The second-order valence-electron chi connectivity index (χ2n) is 6.42. The number of ether oxygens (including phenoxy) is 1. The molecule has 0 radical (unpaired) electrons. The first-order valence-electron chi connectivity index (χ1n) is 8.40. The van der Waals surface area contributed by atoms with E-state index in [0.717, 1.165) is 0 Å². The third-order valence-corrected chi connectivity index (χ3v) is 4.15. The number of nitrogens with zero attached hydrogens (tertiary/aromatic N) is 3.